The number of hydrogen-bond acceptors (Lipinski definition) is 2. The minimum Gasteiger partial charge on any atom is -0.488 e. The molecule has 0 saturated carbocycles. The molecule has 16 rings (SSSR count). The van der Waals surface area contributed by atoms with Crippen molar-refractivity contribution in [3.05, 3.63) is 350 Å². The monoisotopic (exact) mass is 1780 g/mol. The Labute approximate surface area is 599 Å². The van der Waals surface area contributed by atoms with Gasteiger partial charge in [-0.05, 0) is 232 Å². The molecule has 14 aromatic carbocycles. The van der Waals surface area contributed by atoms with Crippen LogP contribution in [-0.2, 0) is 0 Å². The molecule has 0 spiro atoms. The van der Waals surface area contributed by atoms with Gasteiger partial charge in [0, 0.05) is 33.0 Å². The average molecular weight is 1780 g/mol. The van der Waals surface area contributed by atoms with Crippen LogP contribution >= 0.6 is 11.6 Å². The molecule has 0 bridgehead atoms. The van der Waals surface area contributed by atoms with Crippen molar-refractivity contribution in [1.82, 2.24) is 0 Å². The van der Waals surface area contributed by atoms with Gasteiger partial charge in [-0.1, -0.05) is 163 Å². The first kappa shape index (κ1) is 65.7. The summed E-state index contributed by atoms with van der Waals surface area (Å²) in [6.07, 6.45) is 0. The molecule has 92 heavy (non-hydrogen) atoms. The van der Waals surface area contributed by atoms with Gasteiger partial charge in [0.05, 0.1) is 5.02 Å². The van der Waals surface area contributed by atoms with E-state index in [-0.39, 0.29) is 117 Å². The van der Waals surface area contributed by atoms with Crippen LogP contribution in [0.3, 0.4) is 0 Å². The van der Waals surface area contributed by atoms with E-state index in [2.05, 4.69) is 339 Å². The maximum atomic E-state index is 6.19. The zero-order chi connectivity index (χ0) is 63.4. The Balaban J connectivity index is 0.000000112. The first-order valence-electron chi connectivity index (χ1n) is 30.5. The quantitative estimate of drug-likeness (QED) is 0.159. The second kappa shape index (κ2) is 30.8. The molecular formula is C84H69ClI5O2+5. The molecule has 2 aliphatic rings. The fraction of sp³-hybridized carbons (Fsp3) is 0.0952. The van der Waals surface area contributed by atoms with Crippen molar-refractivity contribution in [2.45, 2.75) is 52.7 Å². The van der Waals surface area contributed by atoms with Gasteiger partial charge in [0.2, 0.25) is 21.4 Å². The fourth-order valence-corrected chi connectivity index (χ4v) is 24.3. The van der Waals surface area contributed by atoms with E-state index < -0.39 is 0 Å². The summed E-state index contributed by atoms with van der Waals surface area (Å²) in [5, 5.41) is 11.8. The van der Waals surface area contributed by atoms with Crippen LogP contribution in [0, 0.1) is 35.7 Å². The van der Waals surface area contributed by atoms with E-state index in [1.165, 1.54) is 93.9 Å². The predicted molar refractivity (Wildman–Crippen MR) is 365 cm³/mol. The van der Waals surface area contributed by atoms with Gasteiger partial charge < -0.3 is 9.47 Å². The van der Waals surface area contributed by atoms with Crippen molar-refractivity contribution >= 4 is 54.7 Å². The first-order valence-corrected chi connectivity index (χ1v) is 41.7. The van der Waals surface area contributed by atoms with E-state index in [0.29, 0.717) is 0 Å². The van der Waals surface area contributed by atoms with Crippen LogP contribution in [0.1, 0.15) is 41.5 Å². The summed E-state index contributed by atoms with van der Waals surface area (Å²) in [5.74, 6) is 1.86. The molecule has 0 aliphatic carbocycles. The molecule has 0 amide bonds. The number of ether oxygens (including phenoxy) is 2. The van der Waals surface area contributed by atoms with Gasteiger partial charge in [-0.3, -0.25) is 0 Å². The van der Waals surface area contributed by atoms with Crippen molar-refractivity contribution in [2.75, 3.05) is 0 Å². The molecule has 0 N–H and O–H groups in total. The van der Waals surface area contributed by atoms with Crippen molar-refractivity contribution < 1.29 is 115 Å². The topological polar surface area (TPSA) is 18.5 Å². The number of hydrogen-bond donors (Lipinski definition) is 0. The lowest BCUT2D eigenvalue weighted by Gasteiger charge is -2.21. The highest BCUT2D eigenvalue weighted by Crippen LogP contribution is 2.27. The lowest BCUT2D eigenvalue weighted by Crippen LogP contribution is -3.61. The first-order chi connectivity index (χ1) is 44.7. The third kappa shape index (κ3) is 17.5. The van der Waals surface area contributed by atoms with Crippen LogP contribution in [0.5, 0.6) is 11.5 Å². The third-order valence-corrected chi connectivity index (χ3v) is 29.8. The van der Waals surface area contributed by atoms with Crippen LogP contribution in [0.25, 0.3) is 65.3 Å². The summed E-state index contributed by atoms with van der Waals surface area (Å²) >= 11 is 5.77. The van der Waals surface area contributed by atoms with E-state index in [1.807, 2.05) is 12.1 Å². The van der Waals surface area contributed by atoms with Gasteiger partial charge in [0.25, 0.3) is 0 Å². The minimum atomic E-state index is -0.176. The average Bonchev–Trinajstić information content (AvgIpc) is 1.67. The molecule has 0 aromatic heterocycles. The Hall–Kier alpha value is -6.34. The Bertz CT molecular complexity index is 4570. The van der Waals surface area contributed by atoms with Crippen molar-refractivity contribution in [1.29, 1.82) is 0 Å². The number of fused-ring (bicyclic) bond motifs is 10. The number of halogens is 6. The highest BCUT2D eigenvalue weighted by Gasteiger charge is 2.35. The predicted octanol–water partition coefficient (Wildman–Crippen LogP) is 6.66. The third-order valence-electron chi connectivity index (χ3n) is 14.6. The molecule has 0 radical (unpaired) electrons. The Kier molecular flexibility index (Phi) is 22.0. The fourth-order valence-electron chi connectivity index (χ4n) is 10.5. The molecule has 454 valence electrons. The molecule has 2 aliphatic heterocycles. The van der Waals surface area contributed by atoms with Gasteiger partial charge in [-0.15, -0.1) is 0 Å². The minimum absolute atomic E-state index is 0.0509. The zero-order valence-electron chi connectivity index (χ0n) is 52.0. The lowest BCUT2D eigenvalue weighted by atomic mass is 10.1. The SMILES string of the molecule is CC(C)(C)Oc1ccc([I+]c2ccc(OC(C)(C)C)cc2)cc1.Clc1cccc2c1[I+]c1ccccc1-2.c1ccc2c([I+]c3cccc4ccccc34)cccc2c1.c1ccc2c(c1)[I+]c1ccccc1-2.c1ccc2cc([I+]c3ccc4ccccc4c3)ccc2c1. The Morgan fingerprint density at radius 1 is 0.283 bits per heavy atom. The zero-order valence-corrected chi connectivity index (χ0v) is 63.6. The highest BCUT2D eigenvalue weighted by atomic mass is 127. The van der Waals surface area contributed by atoms with Crippen LogP contribution in [0.2, 0.25) is 5.02 Å². The van der Waals surface area contributed by atoms with Crippen LogP contribution in [0.15, 0.2) is 309 Å². The molecule has 0 fully saturated rings. The second-order valence-electron chi connectivity index (χ2n) is 23.8. The number of rotatable bonds is 8. The summed E-state index contributed by atoms with van der Waals surface area (Å²) in [7, 11) is 0. The smallest absolute Gasteiger partial charge is 0.360 e. The molecule has 2 nitrogen and oxygen atoms in total. The molecular weight excluding hydrogens is 1710 g/mol. The summed E-state index contributed by atoms with van der Waals surface area (Å²) in [6.45, 7) is 12.4. The van der Waals surface area contributed by atoms with E-state index >= 15 is 0 Å². The van der Waals surface area contributed by atoms with Crippen molar-refractivity contribution in [3.8, 4) is 33.8 Å². The van der Waals surface area contributed by atoms with E-state index in [1.54, 1.807) is 7.14 Å². The lowest BCUT2D eigenvalue weighted by molar-refractivity contribution is -0.597. The van der Waals surface area contributed by atoms with Crippen molar-refractivity contribution in [3.63, 3.8) is 0 Å². The van der Waals surface area contributed by atoms with E-state index in [0.717, 1.165) is 16.5 Å². The van der Waals surface area contributed by atoms with Crippen LogP contribution < -0.4 is 115 Å². The van der Waals surface area contributed by atoms with Gasteiger partial charge >= 0.3 is 106 Å². The maximum Gasteiger partial charge on any atom is 0.360 e. The summed E-state index contributed by atoms with van der Waals surface area (Å²) in [6, 6.07) is 111. The van der Waals surface area contributed by atoms with Crippen molar-refractivity contribution in [2.24, 2.45) is 0 Å². The number of benzene rings is 14. The van der Waals surface area contributed by atoms with Gasteiger partial charge in [-0.25, -0.2) is 0 Å². The highest BCUT2D eigenvalue weighted by molar-refractivity contribution is 6.30. The summed E-state index contributed by atoms with van der Waals surface area (Å²) in [4.78, 5) is 0. The van der Waals surface area contributed by atoms with Gasteiger partial charge in [0.1, 0.15) is 22.7 Å². The molecule has 0 atom stereocenters. The van der Waals surface area contributed by atoms with Gasteiger partial charge in [-0.2, -0.15) is 0 Å². The summed E-state index contributed by atoms with van der Waals surface area (Å²) < 4.78 is 26.5. The standard InChI is InChI=1S/C20H26IO2.2C20H14I.C12H7ClI.C12H8I/c1-19(2,3)22-17-11-7-15(8-12-17)21-16-9-13-18(14-10-16)23-20(4,5)6;1-3-11-17-15(7-1)9-5-13-19(17)21-20-14-6-10-16-8-2-4-12-18(16)20;1-3-7-17-13-19(11-9-15(17)5-1)21-20-12-10-16-6-2-4-8-18(16)14-20;13-10-6-3-5-9-8-4-1-2-7-11(8)14-12(9)10;1-3-7-11-9(5-1)10-6-2-4-8-12(10)13-11/h7-14H,1-6H3;2*1-14H;1-7H;1-8H/q5*+1. The molecule has 0 unspecified atom stereocenters. The molecule has 2 heterocycles. The van der Waals surface area contributed by atoms with Crippen LogP contribution in [0.4, 0.5) is 0 Å². The second-order valence-corrected chi connectivity index (χ2v) is 38.7. The van der Waals surface area contributed by atoms with Gasteiger partial charge in [0.15, 0.2) is 14.3 Å². The summed E-state index contributed by atoms with van der Waals surface area (Å²) in [5.41, 5.74) is 5.36. The molecule has 0 saturated heterocycles. The van der Waals surface area contributed by atoms with E-state index in [4.69, 9.17) is 21.1 Å². The Morgan fingerprint density at radius 3 is 1.08 bits per heavy atom. The van der Waals surface area contributed by atoms with Crippen LogP contribution in [-0.4, -0.2) is 11.2 Å². The molecule has 8 heteroatoms. The van der Waals surface area contributed by atoms with E-state index in [9.17, 15) is 0 Å². The Morgan fingerprint density at radius 2 is 0.620 bits per heavy atom. The normalized spacial score (nSPS) is 11.7. The largest absolute Gasteiger partial charge is 0.488 e. The maximum absolute atomic E-state index is 6.19. The molecule has 14 aromatic rings.